The zero-order chi connectivity index (χ0) is 14.8. The zero-order valence-electron chi connectivity index (χ0n) is 12.3. The number of nitrogens with one attached hydrogen (secondary N) is 2. The van der Waals surface area contributed by atoms with Crippen molar-refractivity contribution in [3.63, 3.8) is 0 Å². The molecule has 5 nitrogen and oxygen atoms in total. The van der Waals surface area contributed by atoms with Crippen LogP contribution in [0.4, 0.5) is 5.69 Å². The normalized spacial score (nSPS) is 14.0. The second-order valence-electron chi connectivity index (χ2n) is 5.56. The maximum absolute atomic E-state index is 12.3. The van der Waals surface area contributed by atoms with Crippen LogP contribution < -0.4 is 5.32 Å². The molecule has 21 heavy (non-hydrogen) atoms. The number of rotatable bonds is 3. The minimum atomic E-state index is -0.199. The number of aromatic nitrogens is 2. The van der Waals surface area contributed by atoms with Crippen LogP contribution in [0.2, 0.25) is 0 Å². The lowest BCUT2D eigenvalue weighted by molar-refractivity contribution is 0.0985. The van der Waals surface area contributed by atoms with Crippen molar-refractivity contribution < 1.29 is 9.53 Å². The van der Waals surface area contributed by atoms with E-state index in [0.717, 1.165) is 23.4 Å². The van der Waals surface area contributed by atoms with E-state index in [-0.39, 0.29) is 5.91 Å². The van der Waals surface area contributed by atoms with E-state index in [9.17, 15) is 4.79 Å². The van der Waals surface area contributed by atoms with Crippen LogP contribution in [0.5, 0.6) is 0 Å². The van der Waals surface area contributed by atoms with Crippen molar-refractivity contribution in [1.82, 2.24) is 10.2 Å². The van der Waals surface area contributed by atoms with E-state index >= 15 is 0 Å². The molecule has 1 aliphatic rings. The molecule has 0 bridgehead atoms. The average molecular weight is 285 g/mol. The third kappa shape index (κ3) is 2.83. The number of nitrogens with zero attached hydrogens (tertiary/aromatic N) is 1. The van der Waals surface area contributed by atoms with Gasteiger partial charge >= 0.3 is 0 Å². The molecule has 0 unspecified atom stereocenters. The first-order valence-electron chi connectivity index (χ1n) is 7.20. The highest BCUT2D eigenvalue weighted by Crippen LogP contribution is 2.20. The first kappa shape index (κ1) is 13.8. The summed E-state index contributed by atoms with van der Waals surface area (Å²) < 4.78 is 5.40. The molecule has 1 aliphatic heterocycles. The van der Waals surface area contributed by atoms with Gasteiger partial charge in [0.05, 0.1) is 13.2 Å². The molecule has 1 amide bonds. The Hall–Kier alpha value is -2.14. The smallest absolute Gasteiger partial charge is 0.276 e. The average Bonchev–Trinajstić information content (AvgIpc) is 2.92. The lowest BCUT2D eigenvalue weighted by atomic mass is 10.0. The number of carbonyl (C=O) groups excluding carboxylic acids is 1. The highest BCUT2D eigenvalue weighted by molar-refractivity contribution is 6.04. The molecule has 0 radical (unpaired) electrons. The van der Waals surface area contributed by atoms with E-state index in [1.807, 2.05) is 24.3 Å². The van der Waals surface area contributed by atoms with Gasteiger partial charge in [-0.1, -0.05) is 26.0 Å². The highest BCUT2D eigenvalue weighted by Gasteiger charge is 2.22. The Morgan fingerprint density at radius 3 is 2.81 bits per heavy atom. The van der Waals surface area contributed by atoms with Gasteiger partial charge in [0, 0.05) is 23.4 Å². The van der Waals surface area contributed by atoms with E-state index in [4.69, 9.17) is 4.74 Å². The van der Waals surface area contributed by atoms with Crippen LogP contribution in [-0.4, -0.2) is 22.7 Å². The molecular weight excluding hydrogens is 266 g/mol. The highest BCUT2D eigenvalue weighted by atomic mass is 16.5. The first-order chi connectivity index (χ1) is 10.1. The Kier molecular flexibility index (Phi) is 3.75. The molecule has 0 atom stereocenters. The summed E-state index contributed by atoms with van der Waals surface area (Å²) in [5.74, 6) is 0.278. The predicted octanol–water partition coefficient (Wildman–Crippen LogP) is 2.86. The van der Waals surface area contributed by atoms with Gasteiger partial charge in [0.25, 0.3) is 5.91 Å². The molecule has 1 aromatic carbocycles. The van der Waals surface area contributed by atoms with Crippen molar-refractivity contribution in [2.75, 3.05) is 11.9 Å². The van der Waals surface area contributed by atoms with Gasteiger partial charge < -0.3 is 10.1 Å². The minimum absolute atomic E-state index is 0.199. The van der Waals surface area contributed by atoms with Gasteiger partial charge in [0.2, 0.25) is 0 Å². The first-order valence-corrected chi connectivity index (χ1v) is 7.20. The van der Waals surface area contributed by atoms with Gasteiger partial charge in [-0.3, -0.25) is 9.89 Å². The second-order valence-corrected chi connectivity index (χ2v) is 5.56. The van der Waals surface area contributed by atoms with Crippen LogP contribution in [-0.2, 0) is 17.8 Å². The van der Waals surface area contributed by atoms with Crippen LogP contribution in [0, 0.1) is 0 Å². The zero-order valence-corrected chi connectivity index (χ0v) is 12.3. The van der Waals surface area contributed by atoms with Crippen molar-refractivity contribution in [2.24, 2.45) is 0 Å². The Bertz CT molecular complexity index is 644. The molecule has 5 heteroatoms. The number of anilines is 1. The third-order valence-corrected chi connectivity index (χ3v) is 3.75. The maximum Gasteiger partial charge on any atom is 0.276 e. The van der Waals surface area contributed by atoms with E-state index in [0.29, 0.717) is 24.8 Å². The van der Waals surface area contributed by atoms with Crippen LogP contribution in [0.25, 0.3) is 0 Å². The summed E-state index contributed by atoms with van der Waals surface area (Å²) in [6, 6.07) is 7.90. The summed E-state index contributed by atoms with van der Waals surface area (Å²) in [6.07, 6.45) is 0.776. The quantitative estimate of drug-likeness (QED) is 0.911. The summed E-state index contributed by atoms with van der Waals surface area (Å²) in [5.41, 5.74) is 4.33. The van der Waals surface area contributed by atoms with Gasteiger partial charge in [-0.2, -0.15) is 5.10 Å². The van der Waals surface area contributed by atoms with Gasteiger partial charge in [0.15, 0.2) is 5.69 Å². The Balaban J connectivity index is 1.75. The van der Waals surface area contributed by atoms with E-state index in [1.165, 1.54) is 5.56 Å². The van der Waals surface area contributed by atoms with E-state index in [2.05, 4.69) is 29.4 Å². The molecule has 0 saturated heterocycles. The Morgan fingerprint density at radius 2 is 2.10 bits per heavy atom. The fourth-order valence-corrected chi connectivity index (χ4v) is 2.44. The monoisotopic (exact) mass is 285 g/mol. The lowest BCUT2D eigenvalue weighted by Crippen LogP contribution is -2.17. The fraction of sp³-hybridized carbons (Fsp3) is 0.375. The summed E-state index contributed by atoms with van der Waals surface area (Å²) in [7, 11) is 0. The van der Waals surface area contributed by atoms with Crippen molar-refractivity contribution in [3.8, 4) is 0 Å². The number of H-pyrrole nitrogens is 1. The lowest BCUT2D eigenvalue weighted by Gasteiger charge is -2.12. The van der Waals surface area contributed by atoms with Gasteiger partial charge in [-0.05, 0) is 23.6 Å². The molecule has 3 rings (SSSR count). The number of hydrogen-bond acceptors (Lipinski definition) is 3. The Morgan fingerprint density at radius 1 is 1.33 bits per heavy atom. The minimum Gasteiger partial charge on any atom is -0.376 e. The predicted molar refractivity (Wildman–Crippen MR) is 80.4 cm³/mol. The number of amides is 1. The maximum atomic E-state index is 12.3. The third-order valence-electron chi connectivity index (χ3n) is 3.75. The fourth-order valence-electron chi connectivity index (χ4n) is 2.44. The standard InChI is InChI=1S/C16H19N3O2/c1-10(2)11-3-5-12(6-4-11)17-16(20)15-13-9-21-8-7-14(13)18-19-15/h3-6,10H,7-9H2,1-2H3,(H,17,20)(H,18,19). The van der Waals surface area contributed by atoms with Crippen LogP contribution in [0.3, 0.4) is 0 Å². The molecule has 0 aliphatic carbocycles. The molecule has 2 heterocycles. The van der Waals surface area contributed by atoms with Crippen LogP contribution in [0.1, 0.15) is 47.1 Å². The number of ether oxygens (including phenoxy) is 1. The van der Waals surface area contributed by atoms with Crippen LogP contribution in [0.15, 0.2) is 24.3 Å². The van der Waals surface area contributed by atoms with Gasteiger partial charge in [0.1, 0.15) is 0 Å². The van der Waals surface area contributed by atoms with Gasteiger partial charge in [-0.15, -0.1) is 0 Å². The van der Waals surface area contributed by atoms with Gasteiger partial charge in [-0.25, -0.2) is 0 Å². The second kappa shape index (κ2) is 5.69. The number of carbonyl (C=O) groups is 1. The summed E-state index contributed by atoms with van der Waals surface area (Å²) >= 11 is 0. The molecular formula is C16H19N3O2. The van der Waals surface area contributed by atoms with Crippen molar-refractivity contribution in [3.05, 3.63) is 46.8 Å². The van der Waals surface area contributed by atoms with Crippen molar-refractivity contribution >= 4 is 11.6 Å². The molecule has 2 N–H and O–H groups in total. The number of benzene rings is 1. The number of fused-ring (bicyclic) bond motifs is 1. The number of hydrogen-bond donors (Lipinski definition) is 2. The molecule has 1 aromatic heterocycles. The number of aromatic amines is 1. The van der Waals surface area contributed by atoms with Crippen molar-refractivity contribution in [1.29, 1.82) is 0 Å². The Labute approximate surface area is 123 Å². The largest absolute Gasteiger partial charge is 0.376 e. The summed E-state index contributed by atoms with van der Waals surface area (Å²) in [4.78, 5) is 12.3. The molecule has 2 aromatic rings. The van der Waals surface area contributed by atoms with Crippen LogP contribution >= 0.6 is 0 Å². The molecule has 0 saturated carbocycles. The molecule has 0 spiro atoms. The van der Waals surface area contributed by atoms with Crippen molar-refractivity contribution in [2.45, 2.75) is 32.8 Å². The SMILES string of the molecule is CC(C)c1ccc(NC(=O)c2n[nH]c3c2COCC3)cc1. The van der Waals surface area contributed by atoms with E-state index < -0.39 is 0 Å². The summed E-state index contributed by atoms with van der Waals surface area (Å²) in [5, 5.41) is 9.93. The molecule has 110 valence electrons. The topological polar surface area (TPSA) is 67.0 Å². The van der Waals surface area contributed by atoms with E-state index in [1.54, 1.807) is 0 Å². The molecule has 0 fully saturated rings. The summed E-state index contributed by atoms with van der Waals surface area (Å²) in [6.45, 7) is 5.40.